The van der Waals surface area contributed by atoms with Crippen LogP contribution in [-0.4, -0.2) is 37.7 Å². The van der Waals surface area contributed by atoms with Gasteiger partial charge in [-0.05, 0) is 38.3 Å². The molecule has 0 amide bonds. The van der Waals surface area contributed by atoms with Gasteiger partial charge in [-0.1, -0.05) is 6.07 Å². The maximum atomic E-state index is 13.9. The summed E-state index contributed by atoms with van der Waals surface area (Å²) in [4.78, 5) is 6.20. The van der Waals surface area contributed by atoms with E-state index in [1.807, 2.05) is 6.92 Å². The molecule has 1 unspecified atom stereocenters. The molecule has 1 aliphatic carbocycles. The molecular formula is C16H23F2IN4. The van der Waals surface area contributed by atoms with Crippen molar-refractivity contribution in [1.29, 1.82) is 0 Å². The molecule has 3 rings (SSSR count). The second-order valence-corrected chi connectivity index (χ2v) is 5.89. The number of hydrogen-bond acceptors (Lipinski definition) is 2. The predicted molar refractivity (Wildman–Crippen MR) is 99.7 cm³/mol. The molecule has 2 aliphatic rings. The monoisotopic (exact) mass is 436 g/mol. The van der Waals surface area contributed by atoms with E-state index < -0.39 is 11.6 Å². The molecule has 0 radical (unpaired) electrons. The van der Waals surface area contributed by atoms with Crippen molar-refractivity contribution in [2.75, 3.05) is 24.5 Å². The maximum absolute atomic E-state index is 13.9. The number of nitrogens with zero attached hydrogens (tertiary/aromatic N) is 2. The molecule has 1 aliphatic heterocycles. The second-order valence-electron chi connectivity index (χ2n) is 5.89. The molecule has 2 N–H and O–H groups in total. The van der Waals surface area contributed by atoms with Crippen molar-refractivity contribution in [2.45, 2.75) is 38.3 Å². The Morgan fingerprint density at radius 2 is 1.83 bits per heavy atom. The lowest BCUT2D eigenvalue weighted by Gasteiger charge is -2.21. The summed E-state index contributed by atoms with van der Waals surface area (Å²) in [6.07, 6.45) is 3.20. The van der Waals surface area contributed by atoms with Crippen molar-refractivity contribution < 1.29 is 8.78 Å². The Kier molecular flexibility index (Phi) is 6.43. The highest BCUT2D eigenvalue weighted by atomic mass is 127. The summed E-state index contributed by atoms with van der Waals surface area (Å²) in [6, 6.07) is 4.68. The lowest BCUT2D eigenvalue weighted by atomic mass is 10.2. The van der Waals surface area contributed by atoms with E-state index >= 15 is 0 Å². The summed E-state index contributed by atoms with van der Waals surface area (Å²) in [5, 5.41) is 6.75. The van der Waals surface area contributed by atoms with Crippen LogP contribution in [0.25, 0.3) is 0 Å². The number of para-hydroxylation sites is 1. The van der Waals surface area contributed by atoms with Crippen LogP contribution < -0.4 is 15.5 Å². The molecule has 0 aromatic heterocycles. The zero-order valence-corrected chi connectivity index (χ0v) is 15.5. The van der Waals surface area contributed by atoms with Crippen LogP contribution in [0.1, 0.15) is 26.2 Å². The van der Waals surface area contributed by atoms with Crippen molar-refractivity contribution in [1.82, 2.24) is 10.6 Å². The third kappa shape index (κ3) is 4.68. The van der Waals surface area contributed by atoms with Crippen molar-refractivity contribution in [3.8, 4) is 0 Å². The first-order chi connectivity index (χ1) is 10.7. The Balaban J connectivity index is 0.00000192. The first-order valence-electron chi connectivity index (χ1n) is 7.94. The maximum Gasteiger partial charge on any atom is 0.191 e. The van der Waals surface area contributed by atoms with Crippen molar-refractivity contribution in [3.05, 3.63) is 29.8 Å². The molecule has 0 bridgehead atoms. The molecule has 23 heavy (non-hydrogen) atoms. The molecule has 1 aromatic carbocycles. The largest absolute Gasteiger partial charge is 0.365 e. The summed E-state index contributed by atoms with van der Waals surface area (Å²) in [5.41, 5.74) is 0.0796. The fourth-order valence-electron chi connectivity index (χ4n) is 2.78. The molecule has 1 saturated heterocycles. The fraction of sp³-hybridized carbons (Fsp3) is 0.562. The fourth-order valence-corrected chi connectivity index (χ4v) is 2.78. The van der Waals surface area contributed by atoms with E-state index in [0.29, 0.717) is 25.7 Å². The van der Waals surface area contributed by atoms with E-state index in [9.17, 15) is 8.78 Å². The van der Waals surface area contributed by atoms with E-state index in [1.54, 1.807) is 4.90 Å². The minimum atomic E-state index is -0.501. The highest BCUT2D eigenvalue weighted by Gasteiger charge is 2.28. The topological polar surface area (TPSA) is 39.7 Å². The van der Waals surface area contributed by atoms with Crippen molar-refractivity contribution >= 4 is 35.6 Å². The molecule has 7 heteroatoms. The zero-order chi connectivity index (χ0) is 15.5. The average Bonchev–Trinajstić information content (AvgIpc) is 3.17. The van der Waals surface area contributed by atoms with Crippen molar-refractivity contribution in [2.24, 2.45) is 4.99 Å². The quantitative estimate of drug-likeness (QED) is 0.433. The standard InChI is InChI=1S/C16H22F2N4.HI/c1-2-19-16(20-11-6-7-11)21-12-8-9-22(10-12)15-13(17)4-3-5-14(15)18;/h3-5,11-12H,2,6-10H2,1H3,(H2,19,20,21);1H. The first kappa shape index (κ1) is 18.2. The normalized spacial score (nSPS) is 21.1. The number of guanidine groups is 1. The smallest absolute Gasteiger partial charge is 0.191 e. The van der Waals surface area contributed by atoms with E-state index in [2.05, 4.69) is 15.6 Å². The van der Waals surface area contributed by atoms with Gasteiger partial charge < -0.3 is 15.5 Å². The number of hydrogen-bond donors (Lipinski definition) is 2. The van der Waals surface area contributed by atoms with Gasteiger partial charge in [0.05, 0.1) is 0 Å². The van der Waals surface area contributed by atoms with Gasteiger partial charge in [0.15, 0.2) is 5.96 Å². The lowest BCUT2D eigenvalue weighted by Crippen LogP contribution is -2.45. The summed E-state index contributed by atoms with van der Waals surface area (Å²) in [7, 11) is 0. The highest BCUT2D eigenvalue weighted by molar-refractivity contribution is 14.0. The van der Waals surface area contributed by atoms with Crippen LogP contribution in [0, 0.1) is 11.6 Å². The number of halogens is 3. The Hall–Kier alpha value is -1.12. The van der Waals surface area contributed by atoms with Gasteiger partial charge in [0.2, 0.25) is 0 Å². The van der Waals surface area contributed by atoms with Gasteiger partial charge in [0.25, 0.3) is 0 Å². The van der Waals surface area contributed by atoms with Gasteiger partial charge in [0.1, 0.15) is 17.3 Å². The van der Waals surface area contributed by atoms with Gasteiger partial charge in [-0.3, -0.25) is 4.99 Å². The molecule has 1 saturated carbocycles. The molecule has 128 valence electrons. The molecule has 1 aromatic rings. The van der Waals surface area contributed by atoms with Crippen LogP contribution in [-0.2, 0) is 0 Å². The Morgan fingerprint density at radius 1 is 1.17 bits per heavy atom. The number of benzene rings is 1. The third-order valence-corrected chi connectivity index (χ3v) is 4.02. The van der Waals surface area contributed by atoms with Gasteiger partial charge >= 0.3 is 0 Å². The minimum Gasteiger partial charge on any atom is -0.365 e. The summed E-state index contributed by atoms with van der Waals surface area (Å²) < 4.78 is 27.7. The molecule has 4 nitrogen and oxygen atoms in total. The Bertz CT molecular complexity index is 543. The van der Waals surface area contributed by atoms with Crippen molar-refractivity contribution in [3.63, 3.8) is 0 Å². The van der Waals surface area contributed by atoms with Gasteiger partial charge in [-0.25, -0.2) is 8.78 Å². The van der Waals surface area contributed by atoms with Gasteiger partial charge in [-0.2, -0.15) is 0 Å². The predicted octanol–water partition coefficient (Wildman–Crippen LogP) is 2.88. The number of aliphatic imine (C=N–C) groups is 1. The van der Waals surface area contributed by atoms with E-state index in [1.165, 1.54) is 31.0 Å². The summed E-state index contributed by atoms with van der Waals surface area (Å²) >= 11 is 0. The number of anilines is 1. The van der Waals surface area contributed by atoms with E-state index in [0.717, 1.165) is 12.4 Å². The molecule has 2 fully saturated rings. The average molecular weight is 436 g/mol. The number of nitrogens with one attached hydrogen (secondary N) is 2. The minimum absolute atomic E-state index is 0. The lowest BCUT2D eigenvalue weighted by molar-refractivity contribution is 0.576. The van der Waals surface area contributed by atoms with Crippen LogP contribution in [0.15, 0.2) is 23.2 Å². The van der Waals surface area contributed by atoms with Crippen LogP contribution in [0.4, 0.5) is 14.5 Å². The first-order valence-corrected chi connectivity index (χ1v) is 7.94. The molecule has 1 heterocycles. The number of rotatable bonds is 4. The van der Waals surface area contributed by atoms with Crippen LogP contribution in [0.2, 0.25) is 0 Å². The summed E-state index contributed by atoms with van der Waals surface area (Å²) in [6.45, 7) is 3.91. The highest BCUT2D eigenvalue weighted by Crippen LogP contribution is 2.26. The van der Waals surface area contributed by atoms with Gasteiger partial charge in [0, 0.05) is 31.7 Å². The molecule has 1 atom stereocenters. The Morgan fingerprint density at radius 3 is 2.43 bits per heavy atom. The summed E-state index contributed by atoms with van der Waals surface area (Å²) in [5.74, 6) is -0.190. The van der Waals surface area contributed by atoms with E-state index in [-0.39, 0.29) is 35.7 Å². The van der Waals surface area contributed by atoms with E-state index in [4.69, 9.17) is 0 Å². The molecular weight excluding hydrogens is 413 g/mol. The molecule has 0 spiro atoms. The Labute approximate surface area is 152 Å². The van der Waals surface area contributed by atoms with Crippen LogP contribution in [0.3, 0.4) is 0 Å². The van der Waals surface area contributed by atoms with Crippen LogP contribution >= 0.6 is 24.0 Å². The second kappa shape index (κ2) is 8.12. The SMILES string of the molecule is CCN=C(NC1CC1)NC1CCN(c2c(F)cccc2F)C1.I. The zero-order valence-electron chi connectivity index (χ0n) is 13.2. The van der Waals surface area contributed by atoms with Gasteiger partial charge in [-0.15, -0.1) is 24.0 Å². The van der Waals surface area contributed by atoms with Crippen LogP contribution in [0.5, 0.6) is 0 Å². The third-order valence-electron chi connectivity index (χ3n) is 4.02.